The molecule has 110 valence electrons. The molecule has 0 unspecified atom stereocenters. The number of esters is 1. The van der Waals surface area contributed by atoms with Gasteiger partial charge in [-0.3, -0.25) is 4.79 Å². The lowest BCUT2D eigenvalue weighted by Crippen LogP contribution is -2.38. The molecule has 0 aromatic heterocycles. The summed E-state index contributed by atoms with van der Waals surface area (Å²) in [6.07, 6.45) is 2.81. The first-order chi connectivity index (χ1) is 9.63. The summed E-state index contributed by atoms with van der Waals surface area (Å²) >= 11 is 1.68. The second kappa shape index (κ2) is 7.14. The minimum atomic E-state index is -0.649. The molecule has 0 amide bonds. The van der Waals surface area contributed by atoms with Crippen molar-refractivity contribution in [2.24, 2.45) is 5.92 Å². The highest BCUT2D eigenvalue weighted by atomic mass is 32.2. The van der Waals surface area contributed by atoms with Gasteiger partial charge in [-0.15, -0.1) is 11.8 Å². The maximum atomic E-state index is 11.7. The van der Waals surface area contributed by atoms with E-state index in [0.29, 0.717) is 25.2 Å². The first-order valence-corrected chi connectivity index (χ1v) is 8.18. The van der Waals surface area contributed by atoms with Gasteiger partial charge in [0.05, 0.1) is 18.1 Å². The van der Waals surface area contributed by atoms with Crippen LogP contribution in [0.15, 0.2) is 35.2 Å². The van der Waals surface area contributed by atoms with E-state index in [1.807, 2.05) is 25.1 Å². The zero-order chi connectivity index (χ0) is 14.4. The summed E-state index contributed by atoms with van der Waals surface area (Å²) in [7, 11) is 0. The van der Waals surface area contributed by atoms with Crippen LogP contribution in [0, 0.1) is 5.92 Å². The first kappa shape index (κ1) is 15.4. The number of aliphatic hydroxyl groups is 1. The standard InChI is InChI=1S/C16H22O3S/c1-2-19-15(17)13-8-10-16(18,11-9-13)12-20-14-6-4-3-5-7-14/h3-7,13,18H,2,8-12H2,1H3. The van der Waals surface area contributed by atoms with E-state index >= 15 is 0 Å². The highest BCUT2D eigenvalue weighted by molar-refractivity contribution is 7.99. The van der Waals surface area contributed by atoms with Gasteiger partial charge in [0, 0.05) is 10.6 Å². The molecule has 0 atom stereocenters. The van der Waals surface area contributed by atoms with Gasteiger partial charge in [-0.05, 0) is 44.7 Å². The minimum absolute atomic E-state index is 0.0306. The Kier molecular flexibility index (Phi) is 5.49. The van der Waals surface area contributed by atoms with Gasteiger partial charge in [-0.25, -0.2) is 0 Å². The molecular weight excluding hydrogens is 272 g/mol. The number of hydrogen-bond acceptors (Lipinski definition) is 4. The second-order valence-corrected chi connectivity index (χ2v) is 6.40. The predicted molar refractivity (Wildman–Crippen MR) is 80.7 cm³/mol. The van der Waals surface area contributed by atoms with Crippen molar-refractivity contribution in [3.63, 3.8) is 0 Å². The molecule has 0 spiro atoms. The minimum Gasteiger partial charge on any atom is -0.466 e. The summed E-state index contributed by atoms with van der Waals surface area (Å²) in [6, 6.07) is 10.1. The summed E-state index contributed by atoms with van der Waals surface area (Å²) in [4.78, 5) is 12.9. The highest BCUT2D eigenvalue weighted by Crippen LogP contribution is 2.36. The quantitative estimate of drug-likeness (QED) is 0.669. The van der Waals surface area contributed by atoms with Crippen molar-refractivity contribution in [1.82, 2.24) is 0 Å². The number of ether oxygens (including phenoxy) is 1. The molecule has 2 rings (SSSR count). The molecule has 0 aliphatic heterocycles. The van der Waals surface area contributed by atoms with Crippen molar-refractivity contribution in [3.05, 3.63) is 30.3 Å². The van der Waals surface area contributed by atoms with E-state index < -0.39 is 5.60 Å². The Hall–Kier alpha value is -1.00. The molecule has 3 nitrogen and oxygen atoms in total. The van der Waals surface area contributed by atoms with Crippen molar-refractivity contribution in [1.29, 1.82) is 0 Å². The SMILES string of the molecule is CCOC(=O)C1CCC(O)(CSc2ccccc2)CC1. The van der Waals surface area contributed by atoms with Gasteiger partial charge in [0.2, 0.25) is 0 Å². The van der Waals surface area contributed by atoms with Crippen LogP contribution < -0.4 is 0 Å². The van der Waals surface area contributed by atoms with Crippen LogP contribution in [0.25, 0.3) is 0 Å². The Balaban J connectivity index is 1.81. The van der Waals surface area contributed by atoms with Crippen LogP contribution in [0.3, 0.4) is 0 Å². The molecule has 1 aromatic rings. The van der Waals surface area contributed by atoms with Crippen LogP contribution in [-0.4, -0.2) is 29.0 Å². The lowest BCUT2D eigenvalue weighted by atomic mass is 9.80. The predicted octanol–water partition coefficient (Wildman–Crippen LogP) is 3.26. The number of hydrogen-bond donors (Lipinski definition) is 1. The molecule has 1 N–H and O–H groups in total. The topological polar surface area (TPSA) is 46.5 Å². The molecule has 20 heavy (non-hydrogen) atoms. The van der Waals surface area contributed by atoms with E-state index in [9.17, 15) is 9.90 Å². The number of carbonyl (C=O) groups is 1. The van der Waals surface area contributed by atoms with Crippen LogP contribution in [0.2, 0.25) is 0 Å². The summed E-state index contributed by atoms with van der Waals surface area (Å²) in [5.41, 5.74) is -0.649. The number of benzene rings is 1. The Morgan fingerprint density at radius 2 is 2.00 bits per heavy atom. The van der Waals surface area contributed by atoms with Crippen LogP contribution in [0.4, 0.5) is 0 Å². The average molecular weight is 294 g/mol. The number of carbonyl (C=O) groups excluding carboxylic acids is 1. The van der Waals surface area contributed by atoms with E-state index in [0.717, 1.165) is 12.8 Å². The number of rotatable bonds is 5. The lowest BCUT2D eigenvalue weighted by Gasteiger charge is -2.34. The fraction of sp³-hybridized carbons (Fsp3) is 0.562. The summed E-state index contributed by atoms with van der Waals surface area (Å²) in [5, 5.41) is 10.6. The lowest BCUT2D eigenvalue weighted by molar-refractivity contribution is -0.150. The molecule has 0 bridgehead atoms. The maximum Gasteiger partial charge on any atom is 0.308 e. The molecule has 1 fully saturated rings. The molecule has 0 saturated heterocycles. The molecule has 1 aliphatic rings. The van der Waals surface area contributed by atoms with Crippen molar-refractivity contribution in [3.8, 4) is 0 Å². The van der Waals surface area contributed by atoms with E-state index in [2.05, 4.69) is 12.1 Å². The van der Waals surface area contributed by atoms with Crippen LogP contribution >= 0.6 is 11.8 Å². The Morgan fingerprint density at radius 3 is 2.60 bits per heavy atom. The Morgan fingerprint density at radius 1 is 1.35 bits per heavy atom. The van der Waals surface area contributed by atoms with Gasteiger partial charge in [-0.1, -0.05) is 18.2 Å². The summed E-state index contributed by atoms with van der Waals surface area (Å²) in [5.74, 6) is 0.550. The van der Waals surface area contributed by atoms with Crippen molar-refractivity contribution < 1.29 is 14.6 Å². The third kappa shape index (κ3) is 4.25. The van der Waals surface area contributed by atoms with E-state index in [4.69, 9.17) is 4.74 Å². The van der Waals surface area contributed by atoms with Gasteiger partial charge in [0.25, 0.3) is 0 Å². The first-order valence-electron chi connectivity index (χ1n) is 7.20. The monoisotopic (exact) mass is 294 g/mol. The molecule has 0 radical (unpaired) electrons. The molecule has 0 heterocycles. The third-order valence-electron chi connectivity index (χ3n) is 3.79. The van der Waals surface area contributed by atoms with Gasteiger partial charge < -0.3 is 9.84 Å². The van der Waals surface area contributed by atoms with Gasteiger partial charge in [-0.2, -0.15) is 0 Å². The normalized spacial score (nSPS) is 26.2. The van der Waals surface area contributed by atoms with Crippen molar-refractivity contribution in [2.45, 2.75) is 43.1 Å². The van der Waals surface area contributed by atoms with Crippen LogP contribution in [0.5, 0.6) is 0 Å². The van der Waals surface area contributed by atoms with Gasteiger partial charge in [0.1, 0.15) is 0 Å². The van der Waals surface area contributed by atoms with E-state index in [-0.39, 0.29) is 11.9 Å². The van der Waals surface area contributed by atoms with Crippen LogP contribution in [0.1, 0.15) is 32.6 Å². The fourth-order valence-corrected chi connectivity index (χ4v) is 3.60. The molecule has 1 aliphatic carbocycles. The van der Waals surface area contributed by atoms with E-state index in [1.54, 1.807) is 11.8 Å². The zero-order valence-electron chi connectivity index (χ0n) is 11.9. The largest absolute Gasteiger partial charge is 0.466 e. The molecule has 1 aromatic carbocycles. The molecule has 4 heteroatoms. The highest BCUT2D eigenvalue weighted by Gasteiger charge is 2.36. The van der Waals surface area contributed by atoms with Gasteiger partial charge in [0.15, 0.2) is 0 Å². The second-order valence-electron chi connectivity index (χ2n) is 5.35. The average Bonchev–Trinajstić information content (AvgIpc) is 2.47. The van der Waals surface area contributed by atoms with Crippen LogP contribution in [-0.2, 0) is 9.53 Å². The van der Waals surface area contributed by atoms with Gasteiger partial charge >= 0.3 is 5.97 Å². The maximum absolute atomic E-state index is 11.7. The van der Waals surface area contributed by atoms with E-state index in [1.165, 1.54) is 4.90 Å². The third-order valence-corrected chi connectivity index (χ3v) is 5.07. The Labute approximate surface area is 124 Å². The summed E-state index contributed by atoms with van der Waals surface area (Å²) < 4.78 is 5.05. The summed E-state index contributed by atoms with van der Waals surface area (Å²) in [6.45, 7) is 2.26. The molecular formula is C16H22O3S. The fourth-order valence-electron chi connectivity index (χ4n) is 2.53. The Bertz CT molecular complexity index is 425. The van der Waals surface area contributed by atoms with Crippen molar-refractivity contribution >= 4 is 17.7 Å². The smallest absolute Gasteiger partial charge is 0.308 e. The zero-order valence-corrected chi connectivity index (χ0v) is 12.7. The number of thioether (sulfide) groups is 1. The van der Waals surface area contributed by atoms with Crippen molar-refractivity contribution in [2.75, 3.05) is 12.4 Å². The molecule has 1 saturated carbocycles.